The minimum Gasteiger partial charge on any atom is -0.380 e. The summed E-state index contributed by atoms with van der Waals surface area (Å²) >= 11 is 0. The van der Waals surface area contributed by atoms with Gasteiger partial charge in [-0.2, -0.15) is 32.9 Å². The monoisotopic (exact) mass is 558 g/mol. The molecule has 152 valence electrons. The topological polar surface area (TPSA) is 34.0 Å². The molecule has 0 radical (unpaired) electrons. The number of aromatic nitrogens is 3. The average molecular weight is 558 g/mol. The first-order valence-corrected chi connectivity index (χ1v) is 9.69. The first-order chi connectivity index (χ1) is 13.2. The van der Waals surface area contributed by atoms with Gasteiger partial charge < -0.3 is 15.5 Å². The largest absolute Gasteiger partial charge is 2.00 e. The van der Waals surface area contributed by atoms with Crippen LogP contribution in [0.4, 0.5) is 5.69 Å². The van der Waals surface area contributed by atoms with Crippen LogP contribution < -0.4 is 4.90 Å². The second-order valence-corrected chi connectivity index (χ2v) is 8.72. The van der Waals surface area contributed by atoms with Crippen LogP contribution in [0.2, 0.25) is 0 Å². The minimum absolute atomic E-state index is 0. The molecule has 0 spiro atoms. The van der Waals surface area contributed by atoms with E-state index in [1.165, 1.54) is 17.2 Å². The molecule has 3 aromatic rings. The molecule has 2 heterocycles. The van der Waals surface area contributed by atoms with E-state index in [9.17, 15) is 0 Å². The Bertz CT molecular complexity index is 951. The summed E-state index contributed by atoms with van der Waals surface area (Å²) in [5, 5.41) is 8.64. The summed E-state index contributed by atoms with van der Waals surface area (Å²) in [4.78, 5) is 2.44. The van der Waals surface area contributed by atoms with Crippen LogP contribution in [-0.4, -0.2) is 20.5 Å². The Morgan fingerprint density at radius 3 is 2.10 bits per heavy atom. The number of fused-ring (bicyclic) bond motifs is 5. The Hall–Kier alpha value is -2.06. The summed E-state index contributed by atoms with van der Waals surface area (Å²) in [5.74, 6) is 1.42. The van der Waals surface area contributed by atoms with Gasteiger partial charge in [0.15, 0.2) is 0 Å². The second kappa shape index (κ2) is 9.17. The fourth-order valence-electron chi connectivity index (χ4n) is 3.41. The maximum absolute atomic E-state index is 4.44. The van der Waals surface area contributed by atoms with E-state index in [0.29, 0.717) is 0 Å². The van der Waals surface area contributed by atoms with Gasteiger partial charge >= 0.3 is 21.1 Å². The molecule has 5 heteroatoms. The molecule has 0 N–H and O–H groups in total. The van der Waals surface area contributed by atoms with Crippen LogP contribution in [0, 0.1) is 13.0 Å². The summed E-state index contributed by atoms with van der Waals surface area (Å²) in [6.45, 7) is 13.8. The molecule has 0 amide bonds. The van der Waals surface area contributed by atoms with Crippen molar-refractivity contribution in [3.8, 4) is 22.5 Å². The molecule has 0 saturated heterocycles. The van der Waals surface area contributed by atoms with Gasteiger partial charge in [0.2, 0.25) is 0 Å². The van der Waals surface area contributed by atoms with Crippen LogP contribution in [0.3, 0.4) is 0 Å². The van der Waals surface area contributed by atoms with E-state index in [0.717, 1.165) is 29.1 Å². The van der Waals surface area contributed by atoms with Crippen molar-refractivity contribution < 1.29 is 21.1 Å². The predicted molar refractivity (Wildman–Crippen MR) is 118 cm³/mol. The van der Waals surface area contributed by atoms with Crippen molar-refractivity contribution in [3.05, 3.63) is 67.1 Å². The quantitative estimate of drug-likeness (QED) is 0.318. The zero-order valence-electron chi connectivity index (χ0n) is 18.2. The van der Waals surface area contributed by atoms with Gasteiger partial charge in [0.1, 0.15) is 0 Å². The first kappa shape index (κ1) is 23.2. The van der Waals surface area contributed by atoms with E-state index >= 15 is 0 Å². The predicted octanol–water partition coefficient (Wildman–Crippen LogP) is 5.99. The van der Waals surface area contributed by atoms with E-state index < -0.39 is 0 Å². The number of hydrogen-bond acceptors (Lipinski definition) is 3. The molecule has 0 saturated carbocycles. The van der Waals surface area contributed by atoms with Crippen molar-refractivity contribution >= 4 is 5.69 Å². The maximum Gasteiger partial charge on any atom is 2.00 e. The molecule has 29 heavy (non-hydrogen) atoms. The maximum atomic E-state index is 4.44. The average Bonchev–Trinajstić information content (AvgIpc) is 2.98. The third-order valence-corrected chi connectivity index (χ3v) is 4.60. The van der Waals surface area contributed by atoms with Crippen molar-refractivity contribution in [1.82, 2.24) is 15.0 Å². The summed E-state index contributed by atoms with van der Waals surface area (Å²) < 4.78 is 1.64. The number of rotatable bonds is 0. The first-order valence-electron chi connectivity index (χ1n) is 9.69. The van der Waals surface area contributed by atoms with Gasteiger partial charge in [-0.25, -0.2) is 0 Å². The van der Waals surface area contributed by atoms with Crippen LogP contribution in [0.1, 0.15) is 47.1 Å². The van der Waals surface area contributed by atoms with Gasteiger partial charge in [0.25, 0.3) is 0 Å². The summed E-state index contributed by atoms with van der Waals surface area (Å²) in [6.07, 6.45) is 0. The van der Waals surface area contributed by atoms with Crippen molar-refractivity contribution in [2.75, 3.05) is 4.90 Å². The van der Waals surface area contributed by atoms with Crippen LogP contribution in [0.5, 0.6) is 0 Å². The Morgan fingerprint density at radius 1 is 0.931 bits per heavy atom. The van der Waals surface area contributed by atoms with Crippen molar-refractivity contribution in [1.29, 1.82) is 0 Å². The fraction of sp³-hybridized carbons (Fsp3) is 0.333. The normalized spacial score (nSPS) is 12.4. The summed E-state index contributed by atoms with van der Waals surface area (Å²) in [7, 11) is 4.04. The fourth-order valence-corrected chi connectivity index (χ4v) is 3.41. The Labute approximate surface area is 189 Å². The number of benzene rings is 2. The van der Waals surface area contributed by atoms with Crippen molar-refractivity contribution in [3.63, 3.8) is 0 Å². The van der Waals surface area contributed by atoms with E-state index in [1.807, 2.05) is 0 Å². The van der Waals surface area contributed by atoms with Gasteiger partial charge in [-0.15, -0.1) is 0 Å². The molecule has 1 aromatic heterocycles. The molecule has 0 aliphatic carbocycles. The van der Waals surface area contributed by atoms with Gasteiger partial charge in [-0.1, -0.05) is 58.9 Å². The zero-order valence-corrected chi connectivity index (χ0v) is 21.2. The van der Waals surface area contributed by atoms with Crippen LogP contribution >= 0.6 is 0 Å². The van der Waals surface area contributed by atoms with E-state index in [4.69, 9.17) is 0 Å². The molecular formula is C24H30N4W. The molecule has 4 nitrogen and oxygen atoms in total. The van der Waals surface area contributed by atoms with Crippen LogP contribution in [0.25, 0.3) is 22.5 Å². The van der Waals surface area contributed by atoms with Crippen LogP contribution in [0.15, 0.2) is 48.5 Å². The van der Waals surface area contributed by atoms with E-state index in [2.05, 4.69) is 112 Å². The molecular weight excluding hydrogens is 528 g/mol. The van der Waals surface area contributed by atoms with E-state index in [-0.39, 0.29) is 26.6 Å². The molecule has 0 atom stereocenters. The number of hydrogen-bond donors (Lipinski definition) is 0. The molecule has 1 aliphatic heterocycles. The zero-order chi connectivity index (χ0) is 20.5. The Morgan fingerprint density at radius 2 is 1.48 bits per heavy atom. The molecule has 0 fully saturated rings. The van der Waals surface area contributed by atoms with Gasteiger partial charge in [-0.3, -0.25) is 0 Å². The molecule has 1 aliphatic rings. The molecule has 0 unspecified atom stereocenters. The summed E-state index contributed by atoms with van der Waals surface area (Å²) in [5.41, 5.74) is 6.55. The van der Waals surface area contributed by atoms with E-state index in [1.54, 1.807) is 4.68 Å². The van der Waals surface area contributed by atoms with Gasteiger partial charge in [-0.05, 0) is 32.4 Å². The van der Waals surface area contributed by atoms with Crippen molar-refractivity contribution in [2.24, 2.45) is 0 Å². The smallest absolute Gasteiger partial charge is 0.380 e. The molecule has 2 aromatic carbocycles. The van der Waals surface area contributed by atoms with Gasteiger partial charge in [0.05, 0.1) is 0 Å². The summed E-state index contributed by atoms with van der Waals surface area (Å²) in [6, 6.07) is 16.9. The minimum atomic E-state index is -0.0127. The van der Waals surface area contributed by atoms with Crippen molar-refractivity contribution in [2.45, 2.75) is 53.6 Å². The van der Waals surface area contributed by atoms with Crippen LogP contribution in [-0.2, 0) is 27.6 Å². The third kappa shape index (κ3) is 4.92. The number of anilines is 1. The molecule has 4 rings (SSSR count). The SMILES string of the molecule is C[C-](C)C.[CH2-]n1nnc2c1-c1ccccc1CN(C(C)(C)C)c1ccccc1-2.[W+2]. The Kier molecular flexibility index (Phi) is 7.34. The van der Waals surface area contributed by atoms with Gasteiger partial charge in [0, 0.05) is 29.0 Å². The Balaban J connectivity index is 0.000000552. The number of nitrogens with zero attached hydrogens (tertiary/aromatic N) is 4. The number of para-hydroxylation sites is 1. The molecule has 0 bridgehead atoms. The third-order valence-electron chi connectivity index (χ3n) is 4.60. The second-order valence-electron chi connectivity index (χ2n) is 8.72. The standard InChI is InChI=1S/C20H21N4.C4H9.W/c1-20(2,3)24-13-14-9-5-6-10-15(14)19-18(21-22-23(19)4)16-11-7-8-12-17(16)24;1-4(2)3;/h5-12H,4,13H2,1-3H3;1-3H3;/q2*-1;+2.